The Bertz CT molecular complexity index is 1150. The number of hydrogen-bond donors (Lipinski definition) is 2. The van der Waals surface area contributed by atoms with Crippen LogP contribution in [0.3, 0.4) is 0 Å². The van der Waals surface area contributed by atoms with Crippen molar-refractivity contribution in [3.8, 4) is 17.0 Å². The molecule has 0 atom stereocenters. The molecule has 4 aromatic rings. The number of aromatic nitrogens is 2. The molecular formula is C22H18N4O2. The molecule has 0 bridgehead atoms. The molecule has 2 aromatic carbocycles. The number of H-pyrrole nitrogens is 1. The molecule has 6 heteroatoms. The zero-order chi connectivity index (χ0) is 18.9. The molecule has 0 unspecified atom stereocenters. The molecule has 1 aliphatic rings. The predicted molar refractivity (Wildman–Crippen MR) is 110 cm³/mol. The number of aromatic amines is 1. The number of amides is 2. The monoisotopic (exact) mass is 370 g/mol. The van der Waals surface area contributed by atoms with Gasteiger partial charge in [-0.15, -0.1) is 0 Å². The number of urea groups is 1. The molecule has 0 aliphatic carbocycles. The number of anilines is 2. The van der Waals surface area contributed by atoms with Crippen LogP contribution in [0.1, 0.15) is 0 Å². The first-order chi connectivity index (χ1) is 13.8. The summed E-state index contributed by atoms with van der Waals surface area (Å²) in [6.45, 7) is 0.879. The molecular weight excluding hydrogens is 352 g/mol. The van der Waals surface area contributed by atoms with Gasteiger partial charge in [-0.25, -0.2) is 9.78 Å². The highest BCUT2D eigenvalue weighted by Crippen LogP contribution is 2.33. The number of carbonyl (C=O) groups is 1. The molecule has 138 valence electrons. The van der Waals surface area contributed by atoms with Crippen molar-refractivity contribution < 1.29 is 9.53 Å². The number of benzene rings is 2. The minimum absolute atomic E-state index is 0.221. The van der Waals surface area contributed by atoms with Crippen LogP contribution < -0.4 is 15.0 Å². The second-order valence-corrected chi connectivity index (χ2v) is 6.59. The Labute approximate surface area is 161 Å². The summed E-state index contributed by atoms with van der Waals surface area (Å²) in [6.07, 6.45) is 1.91. The number of ether oxygens (including phenoxy) is 1. The fourth-order valence-corrected chi connectivity index (χ4v) is 3.38. The first-order valence-corrected chi connectivity index (χ1v) is 9.13. The summed E-state index contributed by atoms with van der Waals surface area (Å²) in [5, 5.41) is 4.04. The Balaban J connectivity index is 1.49. The Morgan fingerprint density at radius 1 is 1.07 bits per heavy atom. The van der Waals surface area contributed by atoms with E-state index in [0.717, 1.165) is 27.8 Å². The maximum atomic E-state index is 12.8. The molecule has 0 saturated heterocycles. The molecule has 2 aromatic heterocycles. The van der Waals surface area contributed by atoms with Crippen LogP contribution in [0.4, 0.5) is 16.3 Å². The average molecular weight is 370 g/mol. The van der Waals surface area contributed by atoms with Crippen molar-refractivity contribution >= 4 is 28.4 Å². The van der Waals surface area contributed by atoms with Gasteiger partial charge in [0, 0.05) is 28.4 Å². The number of hydrogen-bond acceptors (Lipinski definition) is 3. The third-order valence-electron chi connectivity index (χ3n) is 4.79. The number of fused-ring (bicyclic) bond motifs is 2. The van der Waals surface area contributed by atoms with Crippen molar-refractivity contribution in [1.29, 1.82) is 0 Å². The molecule has 0 radical (unpaired) electrons. The molecule has 5 rings (SSSR count). The fourth-order valence-electron chi connectivity index (χ4n) is 3.38. The zero-order valence-corrected chi connectivity index (χ0v) is 15.1. The van der Waals surface area contributed by atoms with E-state index in [1.807, 2.05) is 66.9 Å². The van der Waals surface area contributed by atoms with Crippen molar-refractivity contribution in [2.75, 3.05) is 23.4 Å². The molecule has 0 saturated carbocycles. The van der Waals surface area contributed by atoms with Crippen LogP contribution >= 0.6 is 0 Å². The SMILES string of the molecule is O=C(Nc1ccccc1)N1CCOc2ccc(-c3ccc4[nH]ccc4c3)nc21. The Hall–Kier alpha value is -3.80. The third kappa shape index (κ3) is 2.95. The molecule has 6 nitrogen and oxygen atoms in total. The van der Waals surface area contributed by atoms with Crippen molar-refractivity contribution in [2.45, 2.75) is 0 Å². The van der Waals surface area contributed by atoms with Crippen molar-refractivity contribution in [3.05, 3.63) is 72.9 Å². The van der Waals surface area contributed by atoms with Crippen LogP contribution in [0.25, 0.3) is 22.2 Å². The van der Waals surface area contributed by atoms with E-state index < -0.39 is 0 Å². The summed E-state index contributed by atoms with van der Waals surface area (Å²) in [4.78, 5) is 22.4. The summed E-state index contributed by atoms with van der Waals surface area (Å²) in [6, 6.07) is 21.1. The minimum Gasteiger partial charge on any atom is -0.488 e. The van der Waals surface area contributed by atoms with Gasteiger partial charge in [0.1, 0.15) is 6.61 Å². The van der Waals surface area contributed by atoms with E-state index in [4.69, 9.17) is 9.72 Å². The number of para-hydroxylation sites is 1. The van der Waals surface area contributed by atoms with Gasteiger partial charge in [0.25, 0.3) is 0 Å². The van der Waals surface area contributed by atoms with Crippen molar-refractivity contribution in [1.82, 2.24) is 9.97 Å². The smallest absolute Gasteiger partial charge is 0.327 e. The van der Waals surface area contributed by atoms with Crippen LogP contribution in [0, 0.1) is 0 Å². The average Bonchev–Trinajstić information content (AvgIpc) is 3.21. The topological polar surface area (TPSA) is 70.2 Å². The summed E-state index contributed by atoms with van der Waals surface area (Å²) in [5.74, 6) is 1.15. The minimum atomic E-state index is -0.221. The van der Waals surface area contributed by atoms with Crippen LogP contribution in [-0.2, 0) is 0 Å². The lowest BCUT2D eigenvalue weighted by molar-refractivity contribution is 0.249. The summed E-state index contributed by atoms with van der Waals surface area (Å²) >= 11 is 0. The Morgan fingerprint density at radius 3 is 2.86 bits per heavy atom. The van der Waals surface area contributed by atoms with E-state index in [1.165, 1.54) is 0 Å². The molecule has 2 amide bonds. The van der Waals surface area contributed by atoms with Crippen LogP contribution in [0.15, 0.2) is 72.9 Å². The normalized spacial score (nSPS) is 13.1. The van der Waals surface area contributed by atoms with Crippen molar-refractivity contribution in [3.63, 3.8) is 0 Å². The van der Waals surface area contributed by atoms with Gasteiger partial charge < -0.3 is 15.0 Å². The largest absolute Gasteiger partial charge is 0.488 e. The first kappa shape index (κ1) is 16.4. The van der Waals surface area contributed by atoms with E-state index >= 15 is 0 Å². The van der Waals surface area contributed by atoms with Crippen LogP contribution in [-0.4, -0.2) is 29.2 Å². The molecule has 3 heterocycles. The highest BCUT2D eigenvalue weighted by Gasteiger charge is 2.26. The van der Waals surface area contributed by atoms with E-state index in [1.54, 1.807) is 4.90 Å². The molecule has 2 N–H and O–H groups in total. The standard InChI is InChI=1S/C22H18N4O2/c27-22(24-17-4-2-1-3-5-17)26-12-13-28-20-9-8-19(25-21(20)26)15-6-7-18-16(14-15)10-11-23-18/h1-11,14,23H,12-13H2,(H,24,27). The third-order valence-corrected chi connectivity index (χ3v) is 4.79. The highest BCUT2D eigenvalue weighted by molar-refractivity contribution is 6.02. The lowest BCUT2D eigenvalue weighted by Crippen LogP contribution is -2.41. The van der Waals surface area contributed by atoms with E-state index in [9.17, 15) is 4.79 Å². The predicted octanol–water partition coefficient (Wildman–Crippen LogP) is 4.66. The fraction of sp³-hybridized carbons (Fsp3) is 0.0909. The summed E-state index contributed by atoms with van der Waals surface area (Å²) in [7, 11) is 0. The van der Waals surface area contributed by atoms with Gasteiger partial charge in [0.15, 0.2) is 11.6 Å². The lowest BCUT2D eigenvalue weighted by Gasteiger charge is -2.28. The van der Waals surface area contributed by atoms with Gasteiger partial charge >= 0.3 is 6.03 Å². The van der Waals surface area contributed by atoms with Gasteiger partial charge in [0.05, 0.1) is 12.2 Å². The molecule has 28 heavy (non-hydrogen) atoms. The van der Waals surface area contributed by atoms with Gasteiger partial charge in [0.2, 0.25) is 0 Å². The number of carbonyl (C=O) groups excluding carboxylic acids is 1. The maximum Gasteiger partial charge on any atom is 0.327 e. The highest BCUT2D eigenvalue weighted by atomic mass is 16.5. The van der Waals surface area contributed by atoms with Crippen LogP contribution in [0.2, 0.25) is 0 Å². The lowest BCUT2D eigenvalue weighted by atomic mass is 10.1. The Morgan fingerprint density at radius 2 is 1.96 bits per heavy atom. The quantitative estimate of drug-likeness (QED) is 0.539. The maximum absolute atomic E-state index is 12.8. The molecule has 0 fully saturated rings. The van der Waals surface area contributed by atoms with Crippen molar-refractivity contribution in [2.24, 2.45) is 0 Å². The van der Waals surface area contributed by atoms with Crippen LogP contribution in [0.5, 0.6) is 5.75 Å². The van der Waals surface area contributed by atoms with Gasteiger partial charge in [-0.2, -0.15) is 0 Å². The van der Waals surface area contributed by atoms with E-state index in [2.05, 4.69) is 16.4 Å². The number of rotatable bonds is 2. The second-order valence-electron chi connectivity index (χ2n) is 6.59. The van der Waals surface area contributed by atoms with Gasteiger partial charge in [-0.05, 0) is 42.5 Å². The molecule has 1 aliphatic heterocycles. The van der Waals surface area contributed by atoms with Gasteiger partial charge in [-0.1, -0.05) is 24.3 Å². The number of nitrogens with zero attached hydrogens (tertiary/aromatic N) is 2. The van der Waals surface area contributed by atoms with Gasteiger partial charge in [-0.3, -0.25) is 4.90 Å². The summed E-state index contributed by atoms with van der Waals surface area (Å²) in [5.41, 5.74) is 3.61. The number of pyridine rings is 1. The summed E-state index contributed by atoms with van der Waals surface area (Å²) < 4.78 is 5.71. The first-order valence-electron chi connectivity index (χ1n) is 9.13. The Kier molecular flexibility index (Phi) is 3.94. The van der Waals surface area contributed by atoms with E-state index in [0.29, 0.717) is 24.7 Å². The molecule has 0 spiro atoms. The van der Waals surface area contributed by atoms with E-state index in [-0.39, 0.29) is 6.03 Å². The second kappa shape index (κ2) is 6.74. The zero-order valence-electron chi connectivity index (χ0n) is 15.1. The number of nitrogens with one attached hydrogen (secondary N) is 2.